The first-order chi connectivity index (χ1) is 11.5. The first kappa shape index (κ1) is 16.7. The zero-order valence-electron chi connectivity index (χ0n) is 13.7. The number of carbonyl (C=O) groups excluding carboxylic acids is 2. The first-order valence-corrected chi connectivity index (χ1v) is 8.66. The number of amides is 2. The zero-order chi connectivity index (χ0) is 17.3. The van der Waals surface area contributed by atoms with Gasteiger partial charge in [-0.3, -0.25) is 9.59 Å². The summed E-state index contributed by atoms with van der Waals surface area (Å²) in [6, 6.07) is 15.3. The number of hydrogen-bond acceptors (Lipinski definition) is 2. The number of para-hydroxylation sites is 1. The van der Waals surface area contributed by atoms with E-state index in [9.17, 15) is 9.59 Å². The molecule has 0 N–H and O–H groups in total. The molecule has 1 aliphatic rings. The average molecular weight is 387 g/mol. The number of benzene rings is 2. The zero-order valence-corrected chi connectivity index (χ0v) is 15.3. The van der Waals surface area contributed by atoms with Crippen LogP contribution in [-0.2, 0) is 9.59 Å². The fraction of sp³-hybridized carbons (Fsp3) is 0.263. The van der Waals surface area contributed by atoms with E-state index < -0.39 is 0 Å². The standard InChI is InChI=1S/C19H19BrN2O2/c1-13-8-9-16(11-17(13)20)22-12-14(10-18(22)23)19(24)21(2)15-6-4-3-5-7-15/h3-9,11,14H,10,12H2,1-2H3. The van der Waals surface area contributed by atoms with Crippen LogP contribution in [0.5, 0.6) is 0 Å². The minimum Gasteiger partial charge on any atom is -0.315 e. The number of rotatable bonds is 3. The largest absolute Gasteiger partial charge is 0.315 e. The molecular weight excluding hydrogens is 368 g/mol. The Kier molecular flexibility index (Phi) is 4.71. The monoisotopic (exact) mass is 386 g/mol. The van der Waals surface area contributed by atoms with Crippen molar-refractivity contribution in [3.63, 3.8) is 0 Å². The van der Waals surface area contributed by atoms with Crippen molar-refractivity contribution in [2.45, 2.75) is 13.3 Å². The molecule has 1 fully saturated rings. The molecule has 3 rings (SSSR count). The van der Waals surface area contributed by atoms with Crippen molar-refractivity contribution in [2.75, 3.05) is 23.4 Å². The van der Waals surface area contributed by atoms with Crippen LogP contribution in [0.25, 0.3) is 0 Å². The van der Waals surface area contributed by atoms with Gasteiger partial charge in [-0.1, -0.05) is 40.2 Å². The first-order valence-electron chi connectivity index (χ1n) is 7.86. The molecule has 2 aromatic rings. The number of anilines is 2. The molecule has 0 aliphatic carbocycles. The van der Waals surface area contributed by atoms with Gasteiger partial charge < -0.3 is 9.80 Å². The maximum Gasteiger partial charge on any atom is 0.232 e. The third-order valence-electron chi connectivity index (χ3n) is 4.42. The van der Waals surface area contributed by atoms with Gasteiger partial charge >= 0.3 is 0 Å². The van der Waals surface area contributed by atoms with Crippen molar-refractivity contribution in [1.29, 1.82) is 0 Å². The molecule has 1 unspecified atom stereocenters. The summed E-state index contributed by atoms with van der Waals surface area (Å²) in [5.41, 5.74) is 2.78. The molecule has 4 nitrogen and oxygen atoms in total. The highest BCUT2D eigenvalue weighted by atomic mass is 79.9. The van der Waals surface area contributed by atoms with E-state index in [1.165, 1.54) is 0 Å². The SMILES string of the molecule is Cc1ccc(N2CC(C(=O)N(C)c3ccccc3)CC2=O)cc1Br. The Morgan fingerprint density at radius 3 is 2.58 bits per heavy atom. The number of halogens is 1. The smallest absolute Gasteiger partial charge is 0.232 e. The van der Waals surface area contributed by atoms with Crippen molar-refractivity contribution < 1.29 is 9.59 Å². The third-order valence-corrected chi connectivity index (χ3v) is 5.27. The van der Waals surface area contributed by atoms with Crippen LogP contribution in [0.3, 0.4) is 0 Å². The molecular formula is C19H19BrN2O2. The summed E-state index contributed by atoms with van der Waals surface area (Å²) in [4.78, 5) is 28.4. The van der Waals surface area contributed by atoms with Crippen LogP contribution in [-0.4, -0.2) is 25.4 Å². The minimum atomic E-state index is -0.317. The Morgan fingerprint density at radius 1 is 1.21 bits per heavy atom. The van der Waals surface area contributed by atoms with Crippen LogP contribution in [0.1, 0.15) is 12.0 Å². The second-order valence-corrected chi connectivity index (χ2v) is 6.93. The summed E-state index contributed by atoms with van der Waals surface area (Å²) < 4.78 is 0.962. The van der Waals surface area contributed by atoms with Crippen molar-refractivity contribution in [1.82, 2.24) is 0 Å². The molecule has 0 saturated carbocycles. The van der Waals surface area contributed by atoms with E-state index in [4.69, 9.17) is 0 Å². The topological polar surface area (TPSA) is 40.6 Å². The Bertz CT molecular complexity index is 776. The van der Waals surface area contributed by atoms with E-state index >= 15 is 0 Å². The van der Waals surface area contributed by atoms with Gasteiger partial charge in [0.2, 0.25) is 11.8 Å². The number of hydrogen-bond donors (Lipinski definition) is 0. The Balaban J connectivity index is 1.76. The molecule has 1 saturated heterocycles. The van der Waals surface area contributed by atoms with Crippen molar-refractivity contribution in [3.8, 4) is 0 Å². The molecule has 2 aromatic carbocycles. The molecule has 0 spiro atoms. The Labute approximate surface area is 150 Å². The van der Waals surface area contributed by atoms with Crippen LogP contribution in [0, 0.1) is 12.8 Å². The molecule has 124 valence electrons. The molecule has 1 atom stereocenters. The molecule has 0 aromatic heterocycles. The summed E-state index contributed by atoms with van der Waals surface area (Å²) >= 11 is 3.50. The fourth-order valence-electron chi connectivity index (χ4n) is 2.92. The quantitative estimate of drug-likeness (QED) is 0.805. The number of carbonyl (C=O) groups is 2. The Morgan fingerprint density at radius 2 is 1.92 bits per heavy atom. The average Bonchev–Trinajstić information content (AvgIpc) is 2.98. The highest BCUT2D eigenvalue weighted by molar-refractivity contribution is 9.10. The number of nitrogens with zero attached hydrogens (tertiary/aromatic N) is 2. The van der Waals surface area contributed by atoms with Gasteiger partial charge in [0.15, 0.2) is 0 Å². The third kappa shape index (κ3) is 3.22. The fourth-order valence-corrected chi connectivity index (χ4v) is 3.29. The van der Waals surface area contributed by atoms with Gasteiger partial charge in [0.05, 0.1) is 5.92 Å². The summed E-state index contributed by atoms with van der Waals surface area (Å²) in [5, 5.41) is 0. The molecule has 1 heterocycles. The Hall–Kier alpha value is -2.14. The predicted molar refractivity (Wildman–Crippen MR) is 99.2 cm³/mol. The number of aryl methyl sites for hydroxylation is 1. The van der Waals surface area contributed by atoms with Gasteiger partial charge in [-0.25, -0.2) is 0 Å². The van der Waals surface area contributed by atoms with Crippen LogP contribution in [0.4, 0.5) is 11.4 Å². The van der Waals surface area contributed by atoms with Gasteiger partial charge in [-0.2, -0.15) is 0 Å². The second-order valence-electron chi connectivity index (χ2n) is 6.07. The van der Waals surface area contributed by atoms with Crippen molar-refractivity contribution in [2.24, 2.45) is 5.92 Å². The van der Waals surface area contributed by atoms with Gasteiger partial charge in [-0.15, -0.1) is 0 Å². The lowest BCUT2D eigenvalue weighted by molar-refractivity contribution is -0.124. The lowest BCUT2D eigenvalue weighted by atomic mass is 10.1. The van der Waals surface area contributed by atoms with E-state index in [1.807, 2.05) is 55.5 Å². The summed E-state index contributed by atoms with van der Waals surface area (Å²) in [7, 11) is 1.76. The predicted octanol–water partition coefficient (Wildman–Crippen LogP) is 3.77. The minimum absolute atomic E-state index is 0.00874. The van der Waals surface area contributed by atoms with E-state index in [2.05, 4.69) is 15.9 Å². The molecule has 2 amide bonds. The molecule has 1 aliphatic heterocycles. The second kappa shape index (κ2) is 6.77. The lowest BCUT2D eigenvalue weighted by Crippen LogP contribution is -2.34. The molecule has 24 heavy (non-hydrogen) atoms. The van der Waals surface area contributed by atoms with Gasteiger partial charge in [0, 0.05) is 35.9 Å². The van der Waals surface area contributed by atoms with Crippen LogP contribution >= 0.6 is 15.9 Å². The van der Waals surface area contributed by atoms with E-state index in [1.54, 1.807) is 16.8 Å². The van der Waals surface area contributed by atoms with Crippen molar-refractivity contribution in [3.05, 3.63) is 58.6 Å². The molecule has 5 heteroatoms. The maximum absolute atomic E-state index is 12.7. The highest BCUT2D eigenvalue weighted by Gasteiger charge is 2.36. The van der Waals surface area contributed by atoms with Crippen LogP contribution in [0.2, 0.25) is 0 Å². The van der Waals surface area contributed by atoms with Gasteiger partial charge in [0.1, 0.15) is 0 Å². The van der Waals surface area contributed by atoms with E-state index in [-0.39, 0.29) is 24.2 Å². The normalized spacial score (nSPS) is 17.2. The van der Waals surface area contributed by atoms with E-state index in [0.717, 1.165) is 21.4 Å². The molecule has 0 radical (unpaired) electrons. The van der Waals surface area contributed by atoms with Crippen LogP contribution in [0.15, 0.2) is 53.0 Å². The summed E-state index contributed by atoms with van der Waals surface area (Å²) in [6.07, 6.45) is 0.251. The summed E-state index contributed by atoms with van der Waals surface area (Å²) in [6.45, 7) is 2.42. The van der Waals surface area contributed by atoms with Gasteiger partial charge in [0.25, 0.3) is 0 Å². The van der Waals surface area contributed by atoms with Gasteiger partial charge in [-0.05, 0) is 36.8 Å². The molecule has 0 bridgehead atoms. The maximum atomic E-state index is 12.7. The summed E-state index contributed by atoms with van der Waals surface area (Å²) in [5.74, 6) is -0.350. The van der Waals surface area contributed by atoms with E-state index in [0.29, 0.717) is 6.54 Å². The lowest BCUT2D eigenvalue weighted by Gasteiger charge is -2.21. The van der Waals surface area contributed by atoms with Crippen LogP contribution < -0.4 is 9.80 Å². The van der Waals surface area contributed by atoms with Crippen molar-refractivity contribution >= 4 is 39.1 Å². The highest BCUT2D eigenvalue weighted by Crippen LogP contribution is 2.30.